The van der Waals surface area contributed by atoms with E-state index in [1.54, 1.807) is 0 Å². The molecule has 30 heavy (non-hydrogen) atoms. The highest BCUT2D eigenvalue weighted by molar-refractivity contribution is 5.69. The molecule has 0 amide bonds. The van der Waals surface area contributed by atoms with Crippen LogP contribution in [-0.4, -0.2) is 40.5 Å². The van der Waals surface area contributed by atoms with Crippen LogP contribution in [-0.2, 0) is 6.54 Å². The molecule has 1 atom stereocenters. The highest BCUT2D eigenvalue weighted by atomic mass is 19.1. The molecular formula is C24H28FN5. The summed E-state index contributed by atoms with van der Waals surface area (Å²) in [6.45, 7) is 3.85. The zero-order chi connectivity index (χ0) is 21.1. The van der Waals surface area contributed by atoms with Crippen molar-refractivity contribution in [3.05, 3.63) is 71.6 Å². The normalized spacial score (nSPS) is 17.1. The average molecular weight is 406 g/mol. The molecule has 1 saturated heterocycles. The first-order valence-electron chi connectivity index (χ1n) is 10.5. The molecule has 0 saturated carbocycles. The van der Waals surface area contributed by atoms with Crippen molar-refractivity contribution < 1.29 is 4.39 Å². The predicted octanol–water partition coefficient (Wildman–Crippen LogP) is 4.78. The number of piperidine rings is 1. The fraction of sp³-hybridized carbons (Fsp3) is 0.375. The monoisotopic (exact) mass is 405 g/mol. The Morgan fingerprint density at radius 3 is 2.60 bits per heavy atom. The molecule has 0 radical (unpaired) electrons. The van der Waals surface area contributed by atoms with E-state index in [9.17, 15) is 4.39 Å². The molecule has 1 aliphatic rings. The van der Waals surface area contributed by atoms with E-state index >= 15 is 0 Å². The fourth-order valence-corrected chi connectivity index (χ4v) is 4.15. The number of halogens is 1. The van der Waals surface area contributed by atoms with Gasteiger partial charge in [-0.05, 0) is 61.2 Å². The Morgan fingerprint density at radius 1 is 1.07 bits per heavy atom. The maximum absolute atomic E-state index is 13.4. The number of hydrogen-bond donors (Lipinski definition) is 0. The number of rotatable bonds is 5. The van der Waals surface area contributed by atoms with Gasteiger partial charge >= 0.3 is 0 Å². The second kappa shape index (κ2) is 8.88. The maximum Gasteiger partial charge on any atom is 0.225 e. The first-order chi connectivity index (χ1) is 14.5. The van der Waals surface area contributed by atoms with Crippen LogP contribution in [0.5, 0.6) is 0 Å². The van der Waals surface area contributed by atoms with Crippen LogP contribution in [0, 0.1) is 12.7 Å². The van der Waals surface area contributed by atoms with Gasteiger partial charge in [0.2, 0.25) is 5.95 Å². The molecule has 0 bridgehead atoms. The lowest BCUT2D eigenvalue weighted by Gasteiger charge is -2.36. The number of likely N-dealkylation sites (tertiary alicyclic amines) is 1. The molecule has 0 aliphatic carbocycles. The Morgan fingerprint density at radius 2 is 1.87 bits per heavy atom. The van der Waals surface area contributed by atoms with Crippen LogP contribution >= 0.6 is 0 Å². The van der Waals surface area contributed by atoms with Crippen LogP contribution in [0.2, 0.25) is 0 Å². The van der Waals surface area contributed by atoms with Crippen molar-refractivity contribution in [3.63, 3.8) is 0 Å². The van der Waals surface area contributed by atoms with Crippen LogP contribution < -0.4 is 4.90 Å². The van der Waals surface area contributed by atoms with Crippen molar-refractivity contribution in [1.82, 2.24) is 19.9 Å². The minimum atomic E-state index is -0.198. The third kappa shape index (κ3) is 4.33. The fourth-order valence-electron chi connectivity index (χ4n) is 4.15. The third-order valence-corrected chi connectivity index (χ3v) is 5.74. The van der Waals surface area contributed by atoms with Crippen LogP contribution in [0.3, 0.4) is 0 Å². The van der Waals surface area contributed by atoms with Gasteiger partial charge in [0.25, 0.3) is 0 Å². The van der Waals surface area contributed by atoms with Gasteiger partial charge in [0, 0.05) is 44.8 Å². The van der Waals surface area contributed by atoms with Gasteiger partial charge in [-0.2, -0.15) is 0 Å². The molecule has 1 aromatic carbocycles. The Labute approximate surface area is 177 Å². The Kier molecular flexibility index (Phi) is 6.04. The second-order valence-electron chi connectivity index (χ2n) is 8.16. The van der Waals surface area contributed by atoms with Gasteiger partial charge < -0.3 is 4.90 Å². The van der Waals surface area contributed by atoms with E-state index < -0.39 is 0 Å². The van der Waals surface area contributed by atoms with Gasteiger partial charge in [0.15, 0.2) is 0 Å². The average Bonchev–Trinajstić information content (AvgIpc) is 2.76. The lowest BCUT2D eigenvalue weighted by Crippen LogP contribution is -2.34. The topological polar surface area (TPSA) is 45.2 Å². The molecular weight excluding hydrogens is 377 g/mol. The van der Waals surface area contributed by atoms with Crippen molar-refractivity contribution >= 4 is 5.95 Å². The van der Waals surface area contributed by atoms with Gasteiger partial charge in [-0.25, -0.2) is 14.4 Å². The van der Waals surface area contributed by atoms with Gasteiger partial charge in [-0.15, -0.1) is 0 Å². The molecule has 5 nitrogen and oxygen atoms in total. The number of aryl methyl sites for hydroxylation is 1. The molecule has 0 N–H and O–H groups in total. The molecule has 6 heteroatoms. The number of benzene rings is 1. The molecule has 1 fully saturated rings. The van der Waals surface area contributed by atoms with Crippen molar-refractivity contribution in [2.24, 2.45) is 0 Å². The van der Waals surface area contributed by atoms with E-state index in [4.69, 9.17) is 4.98 Å². The smallest absolute Gasteiger partial charge is 0.225 e. The quantitative estimate of drug-likeness (QED) is 0.611. The summed E-state index contributed by atoms with van der Waals surface area (Å²) in [7, 11) is 3.93. The first kappa shape index (κ1) is 20.4. The van der Waals surface area contributed by atoms with E-state index in [0.717, 1.165) is 53.9 Å². The number of aromatic nitrogens is 3. The minimum absolute atomic E-state index is 0.188. The van der Waals surface area contributed by atoms with E-state index in [1.807, 2.05) is 55.8 Å². The Bertz CT molecular complexity index is 1000. The van der Waals surface area contributed by atoms with Crippen molar-refractivity contribution in [1.29, 1.82) is 0 Å². The molecule has 0 unspecified atom stereocenters. The number of nitrogens with zero attached hydrogens (tertiary/aromatic N) is 5. The highest BCUT2D eigenvalue weighted by Crippen LogP contribution is 2.37. The summed E-state index contributed by atoms with van der Waals surface area (Å²) < 4.78 is 13.4. The Hall–Kier alpha value is -2.86. The summed E-state index contributed by atoms with van der Waals surface area (Å²) in [5.41, 5.74) is 5.48. The lowest BCUT2D eigenvalue weighted by molar-refractivity contribution is 0.137. The van der Waals surface area contributed by atoms with Crippen LogP contribution in [0.25, 0.3) is 11.1 Å². The molecule has 3 aromatic rings. The zero-order valence-corrected chi connectivity index (χ0v) is 17.8. The zero-order valence-electron chi connectivity index (χ0n) is 17.8. The van der Waals surface area contributed by atoms with Gasteiger partial charge in [0.1, 0.15) is 5.82 Å². The van der Waals surface area contributed by atoms with Gasteiger partial charge in [-0.1, -0.05) is 18.6 Å². The van der Waals surface area contributed by atoms with Crippen molar-refractivity contribution in [2.45, 2.75) is 38.8 Å². The predicted molar refractivity (Wildman–Crippen MR) is 118 cm³/mol. The summed E-state index contributed by atoms with van der Waals surface area (Å²) >= 11 is 0. The summed E-state index contributed by atoms with van der Waals surface area (Å²) in [5.74, 6) is 0.517. The SMILES string of the molecule is Cc1cnccc1-c1cnc(N(C)C)nc1[C@H]1CCCCN1Cc1ccc(F)cc1. The van der Waals surface area contributed by atoms with Crippen LogP contribution in [0.15, 0.2) is 48.9 Å². The van der Waals surface area contributed by atoms with Crippen molar-refractivity contribution in [2.75, 3.05) is 25.5 Å². The van der Waals surface area contributed by atoms with Gasteiger partial charge in [0.05, 0.1) is 11.7 Å². The first-order valence-corrected chi connectivity index (χ1v) is 10.5. The summed E-state index contributed by atoms with van der Waals surface area (Å²) in [4.78, 5) is 18.3. The largest absolute Gasteiger partial charge is 0.347 e. The van der Waals surface area contributed by atoms with Crippen molar-refractivity contribution in [3.8, 4) is 11.1 Å². The molecule has 1 aliphatic heterocycles. The van der Waals surface area contributed by atoms with E-state index in [1.165, 1.54) is 18.6 Å². The van der Waals surface area contributed by atoms with Gasteiger partial charge in [-0.3, -0.25) is 9.88 Å². The van der Waals surface area contributed by atoms with Crippen LogP contribution in [0.4, 0.5) is 10.3 Å². The summed E-state index contributed by atoms with van der Waals surface area (Å²) in [5, 5.41) is 0. The standard InChI is InChI=1S/C24H28FN5/c1-17-14-26-12-11-20(17)21-15-27-24(29(2)3)28-23(21)22-6-4-5-13-30(22)16-18-7-9-19(25)10-8-18/h7-12,14-15,22H,4-6,13,16H2,1-3H3/t22-/m1/s1. The highest BCUT2D eigenvalue weighted by Gasteiger charge is 2.29. The van der Waals surface area contributed by atoms with E-state index in [-0.39, 0.29) is 11.9 Å². The minimum Gasteiger partial charge on any atom is -0.347 e. The Balaban J connectivity index is 1.76. The molecule has 2 aromatic heterocycles. The molecule has 156 valence electrons. The lowest BCUT2D eigenvalue weighted by atomic mass is 9.92. The number of pyridine rings is 1. The molecule has 3 heterocycles. The molecule has 4 rings (SSSR count). The maximum atomic E-state index is 13.4. The third-order valence-electron chi connectivity index (χ3n) is 5.74. The van der Waals surface area contributed by atoms with E-state index in [0.29, 0.717) is 5.95 Å². The van der Waals surface area contributed by atoms with E-state index in [2.05, 4.69) is 21.8 Å². The number of hydrogen-bond acceptors (Lipinski definition) is 5. The summed E-state index contributed by atoms with van der Waals surface area (Å²) in [6.07, 6.45) is 9.03. The summed E-state index contributed by atoms with van der Waals surface area (Å²) in [6, 6.07) is 9.05. The second-order valence-corrected chi connectivity index (χ2v) is 8.16. The molecule has 0 spiro atoms. The number of anilines is 1. The van der Waals surface area contributed by atoms with Crippen LogP contribution in [0.1, 0.15) is 42.1 Å².